The summed E-state index contributed by atoms with van der Waals surface area (Å²) in [5, 5.41) is 3.68. The quantitative estimate of drug-likeness (QED) is 0.562. The fourth-order valence-corrected chi connectivity index (χ4v) is 5.06. The molecule has 1 aromatic carbocycles. The van der Waals surface area contributed by atoms with Crippen molar-refractivity contribution in [3.63, 3.8) is 0 Å². The largest absolute Gasteiger partial charge is 0.497 e. The molecule has 0 radical (unpaired) electrons. The van der Waals surface area contributed by atoms with Crippen molar-refractivity contribution in [1.82, 2.24) is 20.2 Å². The van der Waals surface area contributed by atoms with Crippen LogP contribution >= 0.6 is 0 Å². The maximum Gasteiger partial charge on any atom is 0.410 e. The molecule has 0 bridgehead atoms. The van der Waals surface area contributed by atoms with E-state index in [-0.39, 0.29) is 36.4 Å². The zero-order valence-corrected chi connectivity index (χ0v) is 21.8. The summed E-state index contributed by atoms with van der Waals surface area (Å²) in [7, 11) is 1.67. The monoisotopic (exact) mass is 497 g/mol. The molecule has 2 aliphatic rings. The fraction of sp³-hybridized carbons (Fsp3) is 0.593. The second-order valence-corrected chi connectivity index (χ2v) is 9.90. The number of hydrogen-bond acceptors (Lipinski definition) is 8. The first-order chi connectivity index (χ1) is 17.4. The standard InChI is InChI=1S/C27H39N5O4/c1-19(2)36-27(33)32-20(3)16-24(30-17-21-6-8-22(34-4)9-7-21)25(32)18-35-23-10-14-31(15-11-23)26-28-12-5-13-29-26/h5-9,12-13,19-20,23-25,30H,10-11,14-18H2,1-4H3/t20-,24+,25+/m1/s1. The van der Waals surface area contributed by atoms with E-state index in [1.54, 1.807) is 19.5 Å². The van der Waals surface area contributed by atoms with E-state index in [1.165, 1.54) is 5.56 Å². The molecule has 9 heteroatoms. The minimum Gasteiger partial charge on any atom is -0.497 e. The number of hydrogen-bond donors (Lipinski definition) is 1. The highest BCUT2D eigenvalue weighted by Gasteiger charge is 2.43. The molecule has 2 fully saturated rings. The lowest BCUT2D eigenvalue weighted by Crippen LogP contribution is -2.50. The Labute approximate surface area is 214 Å². The summed E-state index contributed by atoms with van der Waals surface area (Å²) in [6.07, 6.45) is 5.92. The van der Waals surface area contributed by atoms with Crippen LogP contribution in [0.25, 0.3) is 0 Å². The Balaban J connectivity index is 1.37. The minimum absolute atomic E-state index is 0.0651. The molecule has 3 atom stereocenters. The van der Waals surface area contributed by atoms with Gasteiger partial charge in [-0.2, -0.15) is 0 Å². The molecule has 9 nitrogen and oxygen atoms in total. The van der Waals surface area contributed by atoms with Crippen LogP contribution in [0.5, 0.6) is 5.75 Å². The average molecular weight is 498 g/mol. The van der Waals surface area contributed by atoms with E-state index in [1.807, 2.05) is 36.9 Å². The highest BCUT2D eigenvalue weighted by molar-refractivity contribution is 5.69. The van der Waals surface area contributed by atoms with E-state index in [9.17, 15) is 4.79 Å². The Morgan fingerprint density at radius 2 is 1.83 bits per heavy atom. The number of carbonyl (C=O) groups excluding carboxylic acids is 1. The molecule has 0 spiro atoms. The lowest BCUT2D eigenvalue weighted by atomic mass is 10.1. The Morgan fingerprint density at radius 1 is 1.14 bits per heavy atom. The lowest BCUT2D eigenvalue weighted by molar-refractivity contribution is -0.00743. The van der Waals surface area contributed by atoms with Gasteiger partial charge < -0.3 is 24.4 Å². The molecule has 36 heavy (non-hydrogen) atoms. The van der Waals surface area contributed by atoms with Crippen LogP contribution in [0.15, 0.2) is 42.7 Å². The predicted octanol–water partition coefficient (Wildman–Crippen LogP) is 3.64. The molecule has 4 rings (SSSR count). The molecule has 196 valence electrons. The SMILES string of the molecule is COc1ccc(CN[C@H]2C[C@@H](C)N(C(=O)OC(C)C)[C@H]2COC2CCN(c3ncccn3)CC2)cc1. The summed E-state index contributed by atoms with van der Waals surface area (Å²) in [5.41, 5.74) is 1.17. The third kappa shape index (κ3) is 6.64. The van der Waals surface area contributed by atoms with E-state index in [2.05, 4.69) is 39.2 Å². The van der Waals surface area contributed by atoms with Gasteiger partial charge in [-0.1, -0.05) is 12.1 Å². The normalized spacial score (nSPS) is 22.8. The van der Waals surface area contributed by atoms with Gasteiger partial charge >= 0.3 is 6.09 Å². The third-order valence-electron chi connectivity index (χ3n) is 6.95. The van der Waals surface area contributed by atoms with Crippen molar-refractivity contribution in [1.29, 1.82) is 0 Å². The third-order valence-corrected chi connectivity index (χ3v) is 6.95. The van der Waals surface area contributed by atoms with Crippen molar-refractivity contribution in [2.75, 3.05) is 31.7 Å². The van der Waals surface area contributed by atoms with Gasteiger partial charge in [-0.3, -0.25) is 4.90 Å². The second kappa shape index (κ2) is 12.4. The summed E-state index contributed by atoms with van der Waals surface area (Å²) in [6.45, 7) is 8.75. The number of piperidine rings is 1. The molecule has 0 unspecified atom stereocenters. The number of benzene rings is 1. The van der Waals surface area contributed by atoms with Gasteiger partial charge in [0.05, 0.1) is 32.0 Å². The first-order valence-electron chi connectivity index (χ1n) is 12.9. The highest BCUT2D eigenvalue weighted by atomic mass is 16.6. The molecular formula is C27H39N5O4. The van der Waals surface area contributed by atoms with Gasteiger partial charge in [0, 0.05) is 44.1 Å². The van der Waals surface area contributed by atoms with E-state index in [0.29, 0.717) is 13.2 Å². The highest BCUT2D eigenvalue weighted by Crippen LogP contribution is 2.28. The van der Waals surface area contributed by atoms with Gasteiger partial charge in [-0.15, -0.1) is 0 Å². The average Bonchev–Trinajstić information content (AvgIpc) is 3.21. The van der Waals surface area contributed by atoms with Crippen molar-refractivity contribution >= 4 is 12.0 Å². The number of anilines is 1. The molecule has 2 aromatic rings. The Bertz CT molecular complexity index is 950. The van der Waals surface area contributed by atoms with Gasteiger partial charge in [0.1, 0.15) is 5.75 Å². The smallest absolute Gasteiger partial charge is 0.410 e. The number of aromatic nitrogens is 2. The minimum atomic E-state index is -0.268. The van der Waals surface area contributed by atoms with Crippen molar-refractivity contribution in [2.24, 2.45) is 0 Å². The van der Waals surface area contributed by atoms with Gasteiger partial charge in [0.2, 0.25) is 5.95 Å². The number of carbonyl (C=O) groups is 1. The van der Waals surface area contributed by atoms with Gasteiger partial charge in [0.25, 0.3) is 0 Å². The van der Waals surface area contributed by atoms with Crippen LogP contribution < -0.4 is 15.0 Å². The van der Waals surface area contributed by atoms with Crippen LogP contribution in [0.4, 0.5) is 10.7 Å². The van der Waals surface area contributed by atoms with Crippen molar-refractivity contribution in [3.8, 4) is 5.75 Å². The maximum atomic E-state index is 13.0. The first kappa shape index (κ1) is 26.2. The number of methoxy groups -OCH3 is 1. The zero-order valence-electron chi connectivity index (χ0n) is 21.8. The summed E-state index contributed by atoms with van der Waals surface area (Å²) in [6, 6.07) is 9.96. The number of rotatable bonds is 9. The summed E-state index contributed by atoms with van der Waals surface area (Å²) in [4.78, 5) is 25.8. The molecule has 3 heterocycles. The fourth-order valence-electron chi connectivity index (χ4n) is 5.06. The summed E-state index contributed by atoms with van der Waals surface area (Å²) >= 11 is 0. The van der Waals surface area contributed by atoms with E-state index >= 15 is 0 Å². The topological polar surface area (TPSA) is 89.0 Å². The zero-order chi connectivity index (χ0) is 25.5. The molecule has 0 saturated carbocycles. The van der Waals surface area contributed by atoms with E-state index < -0.39 is 0 Å². The van der Waals surface area contributed by atoms with Crippen LogP contribution in [0.3, 0.4) is 0 Å². The number of likely N-dealkylation sites (tertiary alicyclic amines) is 1. The lowest BCUT2D eigenvalue weighted by Gasteiger charge is -2.35. The predicted molar refractivity (Wildman–Crippen MR) is 138 cm³/mol. The van der Waals surface area contributed by atoms with Crippen LogP contribution in [0, 0.1) is 0 Å². The number of nitrogens with one attached hydrogen (secondary N) is 1. The molecule has 2 saturated heterocycles. The first-order valence-corrected chi connectivity index (χ1v) is 12.9. The molecular weight excluding hydrogens is 458 g/mol. The molecule has 1 N–H and O–H groups in total. The molecule has 1 aromatic heterocycles. The van der Waals surface area contributed by atoms with E-state index in [4.69, 9.17) is 14.2 Å². The molecule has 0 aliphatic carbocycles. The number of ether oxygens (including phenoxy) is 3. The Kier molecular flexibility index (Phi) is 8.98. The Hall–Kier alpha value is -2.91. The van der Waals surface area contributed by atoms with Crippen LogP contribution in [0.1, 0.15) is 45.6 Å². The van der Waals surface area contributed by atoms with Crippen LogP contribution in [-0.4, -0.2) is 78.1 Å². The van der Waals surface area contributed by atoms with Gasteiger partial charge in [-0.25, -0.2) is 14.8 Å². The molecule has 1 amide bonds. The molecule has 2 aliphatic heterocycles. The van der Waals surface area contributed by atoms with Crippen molar-refractivity contribution in [2.45, 2.75) is 76.9 Å². The summed E-state index contributed by atoms with van der Waals surface area (Å²) < 4.78 is 17.3. The summed E-state index contributed by atoms with van der Waals surface area (Å²) in [5.74, 6) is 1.61. The van der Waals surface area contributed by atoms with Crippen LogP contribution in [0.2, 0.25) is 0 Å². The van der Waals surface area contributed by atoms with Crippen molar-refractivity contribution in [3.05, 3.63) is 48.3 Å². The number of nitrogens with zero attached hydrogens (tertiary/aromatic N) is 4. The number of amides is 1. The van der Waals surface area contributed by atoms with Gasteiger partial charge in [-0.05, 0) is 63.8 Å². The van der Waals surface area contributed by atoms with E-state index in [0.717, 1.165) is 44.0 Å². The Morgan fingerprint density at radius 3 is 2.47 bits per heavy atom. The van der Waals surface area contributed by atoms with Gasteiger partial charge in [0.15, 0.2) is 0 Å². The second-order valence-electron chi connectivity index (χ2n) is 9.90. The van der Waals surface area contributed by atoms with Crippen LogP contribution in [-0.2, 0) is 16.0 Å². The van der Waals surface area contributed by atoms with Crippen molar-refractivity contribution < 1.29 is 19.0 Å². The maximum absolute atomic E-state index is 13.0.